The maximum atomic E-state index is 9.98. The van der Waals surface area contributed by atoms with Gasteiger partial charge in [-0.3, -0.25) is 0 Å². The Kier molecular flexibility index (Phi) is 6.20. The van der Waals surface area contributed by atoms with Crippen LogP contribution < -0.4 is 0 Å². The second-order valence-electron chi connectivity index (χ2n) is 5.25. The normalized spacial score (nSPS) is 14.2. The SMILES string of the molecule is O[C@@H](CCc1ccccc1)C[C@H](O)C=Cc1ccccc1. The molecule has 0 aromatic heterocycles. The maximum absolute atomic E-state index is 9.98. The number of aliphatic hydroxyl groups is 2. The minimum absolute atomic E-state index is 0.371. The van der Waals surface area contributed by atoms with Gasteiger partial charge in [0, 0.05) is 6.42 Å². The molecule has 0 amide bonds. The molecule has 2 aromatic carbocycles. The number of rotatable bonds is 7. The van der Waals surface area contributed by atoms with Crippen molar-refractivity contribution in [2.24, 2.45) is 0 Å². The Morgan fingerprint density at radius 1 is 0.857 bits per heavy atom. The molecule has 21 heavy (non-hydrogen) atoms. The molecule has 0 saturated heterocycles. The van der Waals surface area contributed by atoms with Crippen molar-refractivity contribution in [3.8, 4) is 0 Å². The predicted molar refractivity (Wildman–Crippen MR) is 86.9 cm³/mol. The third-order valence-corrected chi connectivity index (χ3v) is 3.43. The largest absolute Gasteiger partial charge is 0.393 e. The Hall–Kier alpha value is -1.90. The molecule has 0 unspecified atom stereocenters. The van der Waals surface area contributed by atoms with E-state index in [2.05, 4.69) is 12.1 Å². The summed E-state index contributed by atoms with van der Waals surface area (Å²) in [5, 5.41) is 19.9. The van der Waals surface area contributed by atoms with Crippen LogP contribution in [0.2, 0.25) is 0 Å². The van der Waals surface area contributed by atoms with Gasteiger partial charge in [-0.2, -0.15) is 0 Å². The van der Waals surface area contributed by atoms with E-state index < -0.39 is 12.2 Å². The highest BCUT2D eigenvalue weighted by molar-refractivity contribution is 5.49. The Morgan fingerprint density at radius 3 is 2.14 bits per heavy atom. The van der Waals surface area contributed by atoms with Crippen LogP contribution in [0, 0.1) is 0 Å². The summed E-state index contributed by atoms with van der Waals surface area (Å²) < 4.78 is 0. The summed E-state index contributed by atoms with van der Waals surface area (Å²) in [6.07, 6.45) is 4.39. The molecule has 2 rings (SSSR count). The monoisotopic (exact) mass is 282 g/mol. The topological polar surface area (TPSA) is 40.5 Å². The minimum atomic E-state index is -0.615. The first-order valence-corrected chi connectivity index (χ1v) is 7.37. The Bertz CT molecular complexity index is 534. The van der Waals surface area contributed by atoms with Gasteiger partial charge in [0.25, 0.3) is 0 Å². The van der Waals surface area contributed by atoms with E-state index in [0.717, 1.165) is 12.0 Å². The van der Waals surface area contributed by atoms with Crippen molar-refractivity contribution in [3.63, 3.8) is 0 Å². The number of benzene rings is 2. The Labute approximate surface area is 126 Å². The molecule has 2 aromatic rings. The van der Waals surface area contributed by atoms with Crippen molar-refractivity contribution < 1.29 is 10.2 Å². The summed E-state index contributed by atoms with van der Waals surface area (Å²) >= 11 is 0. The number of aryl methyl sites for hydroxylation is 1. The molecule has 0 spiro atoms. The van der Waals surface area contributed by atoms with Gasteiger partial charge in [0.1, 0.15) is 0 Å². The van der Waals surface area contributed by atoms with Crippen molar-refractivity contribution in [2.45, 2.75) is 31.5 Å². The van der Waals surface area contributed by atoms with Crippen LogP contribution in [0.5, 0.6) is 0 Å². The first-order valence-electron chi connectivity index (χ1n) is 7.37. The fourth-order valence-electron chi connectivity index (χ4n) is 2.24. The first-order chi connectivity index (χ1) is 10.2. The summed E-state index contributed by atoms with van der Waals surface area (Å²) in [5.41, 5.74) is 2.26. The fourth-order valence-corrected chi connectivity index (χ4v) is 2.24. The van der Waals surface area contributed by atoms with Gasteiger partial charge < -0.3 is 10.2 Å². The van der Waals surface area contributed by atoms with Crippen molar-refractivity contribution in [1.29, 1.82) is 0 Å². The Morgan fingerprint density at radius 2 is 1.48 bits per heavy atom. The number of aliphatic hydroxyl groups excluding tert-OH is 2. The van der Waals surface area contributed by atoms with E-state index in [1.54, 1.807) is 6.08 Å². The van der Waals surface area contributed by atoms with Gasteiger partial charge in [-0.15, -0.1) is 0 Å². The lowest BCUT2D eigenvalue weighted by Crippen LogP contribution is -2.16. The quantitative estimate of drug-likeness (QED) is 0.816. The lowest BCUT2D eigenvalue weighted by atomic mass is 10.0. The van der Waals surface area contributed by atoms with Crippen LogP contribution in [0.15, 0.2) is 66.7 Å². The maximum Gasteiger partial charge on any atom is 0.0748 e. The molecule has 0 fully saturated rings. The molecule has 2 nitrogen and oxygen atoms in total. The summed E-state index contributed by atoms with van der Waals surface area (Å²) in [4.78, 5) is 0. The second kappa shape index (κ2) is 8.40. The first kappa shape index (κ1) is 15.5. The Balaban J connectivity index is 1.74. The third-order valence-electron chi connectivity index (χ3n) is 3.43. The van der Waals surface area contributed by atoms with Crippen LogP contribution in [0.25, 0.3) is 6.08 Å². The van der Waals surface area contributed by atoms with Gasteiger partial charge in [-0.25, -0.2) is 0 Å². The molecule has 2 atom stereocenters. The standard InChI is InChI=1S/C19H22O2/c20-18(13-11-16-7-3-1-4-8-16)15-19(21)14-12-17-9-5-2-6-10-17/h1-11,13,18-21H,12,14-15H2/t18-,19+/m1/s1. The molecule has 0 aliphatic rings. The van der Waals surface area contributed by atoms with E-state index in [4.69, 9.17) is 0 Å². The minimum Gasteiger partial charge on any atom is -0.393 e. The molecule has 110 valence electrons. The van der Waals surface area contributed by atoms with Gasteiger partial charge in [0.05, 0.1) is 12.2 Å². The van der Waals surface area contributed by atoms with Crippen LogP contribution in [0.1, 0.15) is 24.0 Å². The van der Waals surface area contributed by atoms with E-state index in [0.29, 0.717) is 12.8 Å². The zero-order chi connectivity index (χ0) is 14.9. The second-order valence-corrected chi connectivity index (χ2v) is 5.25. The van der Waals surface area contributed by atoms with E-state index in [9.17, 15) is 10.2 Å². The van der Waals surface area contributed by atoms with Crippen LogP contribution >= 0.6 is 0 Å². The van der Waals surface area contributed by atoms with E-state index in [1.807, 2.05) is 54.6 Å². The molecule has 0 bridgehead atoms. The van der Waals surface area contributed by atoms with Gasteiger partial charge in [-0.1, -0.05) is 72.8 Å². The van der Waals surface area contributed by atoms with Crippen LogP contribution in [-0.4, -0.2) is 22.4 Å². The zero-order valence-electron chi connectivity index (χ0n) is 12.1. The lowest BCUT2D eigenvalue weighted by Gasteiger charge is -2.13. The van der Waals surface area contributed by atoms with Gasteiger partial charge in [0.2, 0.25) is 0 Å². The van der Waals surface area contributed by atoms with Gasteiger partial charge in [-0.05, 0) is 24.0 Å². The summed E-state index contributed by atoms with van der Waals surface area (Å²) in [7, 11) is 0. The molecular weight excluding hydrogens is 260 g/mol. The highest BCUT2D eigenvalue weighted by Crippen LogP contribution is 2.11. The highest BCUT2D eigenvalue weighted by atomic mass is 16.3. The van der Waals surface area contributed by atoms with Gasteiger partial charge in [0.15, 0.2) is 0 Å². The van der Waals surface area contributed by atoms with Crippen LogP contribution in [-0.2, 0) is 6.42 Å². The summed E-state index contributed by atoms with van der Waals surface area (Å²) in [6.45, 7) is 0. The van der Waals surface area contributed by atoms with Crippen LogP contribution in [0.3, 0.4) is 0 Å². The third kappa shape index (κ3) is 5.94. The van der Waals surface area contributed by atoms with Crippen molar-refractivity contribution in [3.05, 3.63) is 77.9 Å². The molecule has 0 aliphatic heterocycles. The molecule has 0 aliphatic carbocycles. The van der Waals surface area contributed by atoms with Crippen molar-refractivity contribution in [1.82, 2.24) is 0 Å². The summed E-state index contributed by atoms with van der Waals surface area (Å²) in [5.74, 6) is 0. The number of hydrogen-bond acceptors (Lipinski definition) is 2. The van der Waals surface area contributed by atoms with Gasteiger partial charge >= 0.3 is 0 Å². The molecule has 0 radical (unpaired) electrons. The lowest BCUT2D eigenvalue weighted by molar-refractivity contribution is 0.0983. The molecule has 2 N–H and O–H groups in total. The number of hydrogen-bond donors (Lipinski definition) is 2. The molecular formula is C19H22O2. The highest BCUT2D eigenvalue weighted by Gasteiger charge is 2.09. The molecule has 2 heteroatoms. The van der Waals surface area contributed by atoms with Crippen LogP contribution in [0.4, 0.5) is 0 Å². The van der Waals surface area contributed by atoms with E-state index >= 15 is 0 Å². The average Bonchev–Trinajstić information content (AvgIpc) is 2.53. The molecule has 0 saturated carbocycles. The van der Waals surface area contributed by atoms with Crippen molar-refractivity contribution >= 4 is 6.08 Å². The summed E-state index contributed by atoms with van der Waals surface area (Å²) in [6, 6.07) is 19.9. The fraction of sp³-hybridized carbons (Fsp3) is 0.263. The molecule has 0 heterocycles. The smallest absolute Gasteiger partial charge is 0.0748 e. The van der Waals surface area contributed by atoms with E-state index in [1.165, 1.54) is 5.56 Å². The van der Waals surface area contributed by atoms with Crippen molar-refractivity contribution in [2.75, 3.05) is 0 Å². The zero-order valence-corrected chi connectivity index (χ0v) is 12.1. The average molecular weight is 282 g/mol. The van der Waals surface area contributed by atoms with E-state index in [-0.39, 0.29) is 0 Å². The predicted octanol–water partition coefficient (Wildman–Crippen LogP) is 3.44.